The highest BCUT2D eigenvalue weighted by molar-refractivity contribution is 5.66. The molecule has 0 radical (unpaired) electrons. The zero-order chi connectivity index (χ0) is 13.2. The van der Waals surface area contributed by atoms with E-state index >= 15 is 0 Å². The summed E-state index contributed by atoms with van der Waals surface area (Å²) in [6.45, 7) is 1.90. The van der Waals surface area contributed by atoms with Gasteiger partial charge in [-0.15, -0.1) is 0 Å². The first-order valence-electron chi connectivity index (χ1n) is 6.45. The van der Waals surface area contributed by atoms with Crippen LogP contribution in [0.1, 0.15) is 31.2 Å². The van der Waals surface area contributed by atoms with E-state index in [0.29, 0.717) is 0 Å². The van der Waals surface area contributed by atoms with Crippen LogP contribution in [-0.2, 0) is 11.2 Å². The van der Waals surface area contributed by atoms with Crippen LogP contribution in [0.2, 0.25) is 0 Å². The molecule has 0 atom stereocenters. The quantitative estimate of drug-likeness (QED) is 0.463. The van der Waals surface area contributed by atoms with Crippen LogP contribution in [0.5, 0.6) is 0 Å². The number of carboxylic acid groups (broad SMARTS) is 1. The molecule has 0 fully saturated rings. The summed E-state index contributed by atoms with van der Waals surface area (Å²) >= 11 is 0. The smallest absolute Gasteiger partial charge is 0.303 e. The molecular formula is C14H22N2O2. The Morgan fingerprint density at radius 1 is 1.11 bits per heavy atom. The lowest BCUT2D eigenvalue weighted by atomic mass is 10.1. The number of nitrogen functional groups attached to an aromatic ring is 1. The average Bonchev–Trinajstić information content (AvgIpc) is 2.34. The van der Waals surface area contributed by atoms with Crippen LogP contribution in [0.3, 0.4) is 0 Å². The number of nitrogens with two attached hydrogens (primary N) is 1. The molecule has 1 aromatic carbocycles. The molecule has 1 rings (SSSR count). The lowest BCUT2D eigenvalue weighted by Gasteiger charge is -2.05. The normalized spacial score (nSPS) is 10.4. The van der Waals surface area contributed by atoms with Gasteiger partial charge in [0.25, 0.3) is 0 Å². The third-order valence-electron chi connectivity index (χ3n) is 2.81. The second kappa shape index (κ2) is 8.53. The van der Waals surface area contributed by atoms with Crippen molar-refractivity contribution in [1.29, 1.82) is 0 Å². The number of anilines is 1. The Morgan fingerprint density at radius 2 is 1.83 bits per heavy atom. The number of unbranched alkanes of at least 4 members (excludes halogenated alkanes) is 2. The first-order chi connectivity index (χ1) is 8.68. The molecule has 4 nitrogen and oxygen atoms in total. The second-order valence-corrected chi connectivity index (χ2v) is 4.45. The van der Waals surface area contributed by atoms with Crippen LogP contribution in [0.4, 0.5) is 5.69 Å². The third-order valence-corrected chi connectivity index (χ3v) is 2.81. The van der Waals surface area contributed by atoms with Crippen LogP contribution in [-0.4, -0.2) is 24.2 Å². The van der Waals surface area contributed by atoms with Crippen molar-refractivity contribution in [2.45, 2.75) is 32.1 Å². The molecule has 0 bridgehead atoms. The van der Waals surface area contributed by atoms with E-state index in [2.05, 4.69) is 5.32 Å². The maximum atomic E-state index is 10.3. The Kier molecular flexibility index (Phi) is 6.87. The molecule has 100 valence electrons. The van der Waals surface area contributed by atoms with E-state index in [1.54, 1.807) is 0 Å². The first kappa shape index (κ1) is 14.5. The van der Waals surface area contributed by atoms with E-state index in [0.717, 1.165) is 44.5 Å². The zero-order valence-electron chi connectivity index (χ0n) is 10.7. The molecule has 0 aliphatic carbocycles. The van der Waals surface area contributed by atoms with Crippen molar-refractivity contribution in [3.05, 3.63) is 29.8 Å². The summed E-state index contributed by atoms with van der Waals surface area (Å²) in [5.74, 6) is -0.702. The number of hydrogen-bond acceptors (Lipinski definition) is 3. The highest BCUT2D eigenvalue weighted by atomic mass is 16.4. The van der Waals surface area contributed by atoms with E-state index in [1.165, 1.54) is 5.56 Å². The van der Waals surface area contributed by atoms with Crippen molar-refractivity contribution in [2.24, 2.45) is 0 Å². The Bertz CT molecular complexity index is 349. The summed E-state index contributed by atoms with van der Waals surface area (Å²) in [7, 11) is 0. The van der Waals surface area contributed by atoms with Crippen molar-refractivity contribution in [3.63, 3.8) is 0 Å². The lowest BCUT2D eigenvalue weighted by Crippen LogP contribution is -2.18. The average molecular weight is 250 g/mol. The van der Waals surface area contributed by atoms with Gasteiger partial charge in [-0.05, 0) is 50.0 Å². The standard InChI is InChI=1S/C14H22N2O2/c15-13-7-5-12(6-8-13)9-11-16-10-3-1-2-4-14(17)18/h5-8,16H,1-4,9-11,15H2,(H,17,18). The predicted octanol–water partition coefficient (Wildman–Crippen LogP) is 2.05. The Balaban J connectivity index is 1.95. The fourth-order valence-corrected chi connectivity index (χ4v) is 1.75. The highest BCUT2D eigenvalue weighted by Crippen LogP contribution is 2.05. The molecule has 0 aliphatic heterocycles. The van der Waals surface area contributed by atoms with Crippen molar-refractivity contribution in [1.82, 2.24) is 5.32 Å². The molecule has 4 heteroatoms. The van der Waals surface area contributed by atoms with Crippen molar-refractivity contribution in [3.8, 4) is 0 Å². The van der Waals surface area contributed by atoms with Gasteiger partial charge in [-0.25, -0.2) is 0 Å². The van der Waals surface area contributed by atoms with Crippen LogP contribution >= 0.6 is 0 Å². The van der Waals surface area contributed by atoms with Gasteiger partial charge in [-0.3, -0.25) is 4.79 Å². The molecule has 18 heavy (non-hydrogen) atoms. The number of nitrogens with one attached hydrogen (secondary N) is 1. The van der Waals surface area contributed by atoms with Crippen molar-refractivity contribution >= 4 is 11.7 Å². The minimum Gasteiger partial charge on any atom is -0.481 e. The van der Waals surface area contributed by atoms with Gasteiger partial charge in [0.1, 0.15) is 0 Å². The van der Waals surface area contributed by atoms with Gasteiger partial charge in [0.05, 0.1) is 0 Å². The molecule has 0 aliphatic rings. The Hall–Kier alpha value is -1.55. The third kappa shape index (κ3) is 6.91. The molecule has 4 N–H and O–H groups in total. The molecular weight excluding hydrogens is 228 g/mol. The van der Waals surface area contributed by atoms with Gasteiger partial charge in [0.15, 0.2) is 0 Å². The summed E-state index contributed by atoms with van der Waals surface area (Å²) < 4.78 is 0. The number of hydrogen-bond donors (Lipinski definition) is 3. The summed E-state index contributed by atoms with van der Waals surface area (Å²) in [4.78, 5) is 10.3. The fraction of sp³-hybridized carbons (Fsp3) is 0.500. The monoisotopic (exact) mass is 250 g/mol. The summed E-state index contributed by atoms with van der Waals surface area (Å²) in [5.41, 5.74) is 7.69. The van der Waals surface area contributed by atoms with Crippen molar-refractivity contribution in [2.75, 3.05) is 18.8 Å². The van der Waals surface area contributed by atoms with E-state index in [1.807, 2.05) is 24.3 Å². The second-order valence-electron chi connectivity index (χ2n) is 4.45. The lowest BCUT2D eigenvalue weighted by molar-refractivity contribution is -0.137. The molecule has 0 unspecified atom stereocenters. The number of aliphatic carboxylic acids is 1. The SMILES string of the molecule is Nc1ccc(CCNCCCCCC(=O)O)cc1. The van der Waals surface area contributed by atoms with Gasteiger partial charge in [-0.2, -0.15) is 0 Å². The van der Waals surface area contributed by atoms with Gasteiger partial charge in [0.2, 0.25) is 0 Å². The summed E-state index contributed by atoms with van der Waals surface area (Å²) in [6.07, 6.45) is 4.06. The van der Waals surface area contributed by atoms with Gasteiger partial charge in [0, 0.05) is 12.1 Å². The van der Waals surface area contributed by atoms with E-state index in [9.17, 15) is 4.79 Å². The highest BCUT2D eigenvalue weighted by Gasteiger charge is 1.96. The Morgan fingerprint density at radius 3 is 2.50 bits per heavy atom. The van der Waals surface area contributed by atoms with E-state index < -0.39 is 5.97 Å². The zero-order valence-corrected chi connectivity index (χ0v) is 10.7. The predicted molar refractivity (Wildman–Crippen MR) is 73.5 cm³/mol. The van der Waals surface area contributed by atoms with Crippen LogP contribution < -0.4 is 11.1 Å². The molecule has 0 heterocycles. The topological polar surface area (TPSA) is 75.3 Å². The molecule has 0 aromatic heterocycles. The largest absolute Gasteiger partial charge is 0.481 e. The molecule has 1 aromatic rings. The molecule has 0 saturated heterocycles. The number of rotatable bonds is 9. The molecule has 0 saturated carbocycles. The fourth-order valence-electron chi connectivity index (χ4n) is 1.75. The summed E-state index contributed by atoms with van der Waals surface area (Å²) in [5, 5.41) is 11.8. The van der Waals surface area contributed by atoms with Crippen LogP contribution in [0.15, 0.2) is 24.3 Å². The van der Waals surface area contributed by atoms with Gasteiger partial charge >= 0.3 is 5.97 Å². The number of benzene rings is 1. The molecule has 0 amide bonds. The van der Waals surface area contributed by atoms with E-state index in [4.69, 9.17) is 10.8 Å². The minimum absolute atomic E-state index is 0.283. The summed E-state index contributed by atoms with van der Waals surface area (Å²) in [6, 6.07) is 7.93. The maximum absolute atomic E-state index is 10.3. The van der Waals surface area contributed by atoms with Crippen LogP contribution in [0, 0.1) is 0 Å². The number of carboxylic acids is 1. The number of carbonyl (C=O) groups is 1. The first-order valence-corrected chi connectivity index (χ1v) is 6.45. The van der Waals surface area contributed by atoms with Crippen molar-refractivity contribution < 1.29 is 9.90 Å². The Labute approximate surface area is 108 Å². The molecule has 0 spiro atoms. The van der Waals surface area contributed by atoms with Gasteiger partial charge < -0.3 is 16.2 Å². The van der Waals surface area contributed by atoms with Crippen LogP contribution in [0.25, 0.3) is 0 Å². The van der Waals surface area contributed by atoms with E-state index in [-0.39, 0.29) is 6.42 Å². The minimum atomic E-state index is -0.702. The van der Waals surface area contributed by atoms with Gasteiger partial charge in [-0.1, -0.05) is 18.6 Å². The maximum Gasteiger partial charge on any atom is 0.303 e.